The maximum Gasteiger partial charge on any atom is 0.231 e. The number of benzene rings is 1. The summed E-state index contributed by atoms with van der Waals surface area (Å²) < 4.78 is 7.09. The van der Waals surface area contributed by atoms with Gasteiger partial charge < -0.3 is 14.4 Å². The van der Waals surface area contributed by atoms with E-state index in [2.05, 4.69) is 15.5 Å². The Hall–Kier alpha value is -2.25. The number of imidazole rings is 1. The van der Waals surface area contributed by atoms with E-state index in [1.54, 1.807) is 25.3 Å². The average Bonchev–Trinajstić information content (AvgIpc) is 3.15. The van der Waals surface area contributed by atoms with E-state index in [1.807, 2.05) is 37.7 Å². The van der Waals surface area contributed by atoms with E-state index in [1.165, 1.54) is 11.8 Å². The molecule has 0 bridgehead atoms. The van der Waals surface area contributed by atoms with Gasteiger partial charge in [-0.2, -0.15) is 0 Å². The van der Waals surface area contributed by atoms with Crippen LogP contribution in [0.15, 0.2) is 45.2 Å². The van der Waals surface area contributed by atoms with E-state index < -0.39 is 5.92 Å². The number of carbonyl (C=O) groups excluding carboxylic acids is 1. The number of hydrogen-bond acceptors (Lipinski definition) is 5. The highest BCUT2D eigenvalue weighted by Crippen LogP contribution is 2.35. The summed E-state index contributed by atoms with van der Waals surface area (Å²) in [4.78, 5) is 18.0. The first-order valence-corrected chi connectivity index (χ1v) is 9.24. The molecular formula is C18H19ClN4O2S. The van der Waals surface area contributed by atoms with Crippen LogP contribution in [0.3, 0.4) is 0 Å². The summed E-state index contributed by atoms with van der Waals surface area (Å²) in [5, 5.41) is 8.27. The molecule has 1 unspecified atom stereocenters. The number of nitrogens with one attached hydrogen (secondary N) is 1. The van der Waals surface area contributed by atoms with Crippen molar-refractivity contribution in [2.75, 3.05) is 5.32 Å². The van der Waals surface area contributed by atoms with Gasteiger partial charge in [0.05, 0.1) is 17.3 Å². The number of aromatic nitrogens is 3. The van der Waals surface area contributed by atoms with Crippen LogP contribution >= 0.6 is 23.4 Å². The molecule has 1 amide bonds. The van der Waals surface area contributed by atoms with Gasteiger partial charge in [-0.25, -0.2) is 4.98 Å². The summed E-state index contributed by atoms with van der Waals surface area (Å²) in [5.74, 6) is 0.105. The van der Waals surface area contributed by atoms with Crippen molar-refractivity contribution in [3.63, 3.8) is 0 Å². The van der Waals surface area contributed by atoms with Crippen molar-refractivity contribution in [2.45, 2.75) is 36.7 Å². The van der Waals surface area contributed by atoms with E-state index in [0.29, 0.717) is 16.5 Å². The van der Waals surface area contributed by atoms with Gasteiger partial charge >= 0.3 is 0 Å². The normalized spacial score (nSPS) is 12.2. The van der Waals surface area contributed by atoms with Crippen LogP contribution in [0, 0.1) is 13.8 Å². The first-order valence-electron chi connectivity index (χ1n) is 8.05. The van der Waals surface area contributed by atoms with Gasteiger partial charge in [-0.05, 0) is 50.7 Å². The van der Waals surface area contributed by atoms with Crippen molar-refractivity contribution in [1.29, 1.82) is 0 Å². The molecule has 0 fully saturated rings. The molecule has 1 atom stereocenters. The number of amides is 1. The minimum absolute atomic E-state index is 0.150. The zero-order valence-corrected chi connectivity index (χ0v) is 16.5. The van der Waals surface area contributed by atoms with Crippen LogP contribution < -0.4 is 5.32 Å². The Morgan fingerprint density at radius 2 is 2.15 bits per heavy atom. The Labute approximate surface area is 160 Å². The summed E-state index contributed by atoms with van der Waals surface area (Å²) >= 11 is 7.60. The third-order valence-electron chi connectivity index (χ3n) is 4.09. The maximum atomic E-state index is 12.8. The molecule has 3 aromatic rings. The van der Waals surface area contributed by atoms with Crippen molar-refractivity contribution in [1.82, 2.24) is 14.7 Å². The first kappa shape index (κ1) is 18.5. The predicted octanol–water partition coefficient (Wildman–Crippen LogP) is 4.57. The molecule has 0 aliphatic heterocycles. The molecular weight excluding hydrogens is 372 g/mol. The van der Waals surface area contributed by atoms with Gasteiger partial charge in [0.15, 0.2) is 5.16 Å². The van der Waals surface area contributed by atoms with E-state index in [4.69, 9.17) is 16.1 Å². The Balaban J connectivity index is 1.86. The smallest absolute Gasteiger partial charge is 0.231 e. The lowest BCUT2D eigenvalue weighted by molar-refractivity contribution is -0.117. The zero-order valence-electron chi connectivity index (χ0n) is 14.9. The van der Waals surface area contributed by atoms with Crippen molar-refractivity contribution in [3.05, 3.63) is 52.6 Å². The van der Waals surface area contributed by atoms with Crippen LogP contribution in [0.2, 0.25) is 5.02 Å². The van der Waals surface area contributed by atoms with Crippen molar-refractivity contribution >= 4 is 35.0 Å². The lowest BCUT2D eigenvalue weighted by atomic mass is 9.98. The third-order valence-corrected chi connectivity index (χ3v) is 5.48. The number of anilines is 1. The van der Waals surface area contributed by atoms with Gasteiger partial charge in [0.25, 0.3) is 0 Å². The second-order valence-corrected chi connectivity index (χ2v) is 7.46. The molecule has 8 heteroatoms. The highest BCUT2D eigenvalue weighted by atomic mass is 35.5. The molecule has 0 spiro atoms. The fraction of sp³-hybridized carbons (Fsp3) is 0.278. The minimum atomic E-state index is -0.397. The van der Waals surface area contributed by atoms with Crippen LogP contribution in [0.5, 0.6) is 0 Å². The molecule has 3 rings (SSSR count). The highest BCUT2D eigenvalue weighted by Gasteiger charge is 2.24. The molecule has 0 saturated heterocycles. The molecule has 2 aromatic heterocycles. The zero-order chi connectivity index (χ0) is 18.8. The topological polar surface area (TPSA) is 73.0 Å². The van der Waals surface area contributed by atoms with Gasteiger partial charge in [-0.3, -0.25) is 4.79 Å². The van der Waals surface area contributed by atoms with Crippen molar-refractivity contribution in [2.24, 2.45) is 7.05 Å². The number of halogens is 1. The molecule has 0 aliphatic carbocycles. The standard InChI is InChI=1S/C18H19ClN4O2S/c1-10(16-11(2)22-25-12(16)3)17(24)21-14-9-13(19)5-6-15(14)26-18-20-7-8-23(18)4/h5-10H,1-4H3,(H,21,24). The van der Waals surface area contributed by atoms with Crippen LogP contribution in [0.4, 0.5) is 5.69 Å². The molecule has 2 heterocycles. The van der Waals surface area contributed by atoms with Crippen LogP contribution in [-0.4, -0.2) is 20.6 Å². The molecule has 0 aliphatic rings. The van der Waals surface area contributed by atoms with Crippen molar-refractivity contribution < 1.29 is 9.32 Å². The molecule has 136 valence electrons. The van der Waals surface area contributed by atoms with Crippen LogP contribution in [0.25, 0.3) is 0 Å². The number of hydrogen-bond donors (Lipinski definition) is 1. The van der Waals surface area contributed by atoms with E-state index in [9.17, 15) is 4.79 Å². The fourth-order valence-electron chi connectivity index (χ4n) is 2.72. The monoisotopic (exact) mass is 390 g/mol. The average molecular weight is 391 g/mol. The van der Waals surface area contributed by atoms with Gasteiger partial charge in [0.1, 0.15) is 5.76 Å². The van der Waals surface area contributed by atoms with Crippen LogP contribution in [0.1, 0.15) is 29.9 Å². The molecule has 6 nitrogen and oxygen atoms in total. The lowest BCUT2D eigenvalue weighted by Gasteiger charge is -2.15. The Kier molecular flexibility index (Phi) is 5.38. The lowest BCUT2D eigenvalue weighted by Crippen LogP contribution is -2.20. The Morgan fingerprint density at radius 1 is 1.38 bits per heavy atom. The minimum Gasteiger partial charge on any atom is -0.361 e. The third kappa shape index (κ3) is 3.78. The summed E-state index contributed by atoms with van der Waals surface area (Å²) in [6.45, 7) is 5.47. The van der Waals surface area contributed by atoms with Gasteiger partial charge in [-0.1, -0.05) is 16.8 Å². The van der Waals surface area contributed by atoms with E-state index >= 15 is 0 Å². The molecule has 1 aromatic carbocycles. The van der Waals surface area contributed by atoms with Gasteiger partial charge in [-0.15, -0.1) is 0 Å². The summed E-state index contributed by atoms with van der Waals surface area (Å²) in [6.07, 6.45) is 3.60. The Morgan fingerprint density at radius 3 is 2.77 bits per heavy atom. The SMILES string of the molecule is Cc1noc(C)c1C(C)C(=O)Nc1cc(Cl)ccc1Sc1nccn1C. The van der Waals surface area contributed by atoms with E-state index in [-0.39, 0.29) is 5.91 Å². The quantitative estimate of drug-likeness (QED) is 0.690. The number of rotatable bonds is 5. The summed E-state index contributed by atoms with van der Waals surface area (Å²) in [7, 11) is 1.92. The van der Waals surface area contributed by atoms with Gasteiger partial charge in [0.2, 0.25) is 5.91 Å². The first-order chi connectivity index (χ1) is 12.4. The number of aryl methyl sites for hydroxylation is 3. The Bertz CT molecular complexity index is 931. The largest absolute Gasteiger partial charge is 0.361 e. The number of carbonyl (C=O) groups is 1. The molecule has 0 radical (unpaired) electrons. The molecule has 0 saturated carbocycles. The van der Waals surface area contributed by atoms with Gasteiger partial charge in [0, 0.05) is 34.9 Å². The number of nitrogens with zero attached hydrogens (tertiary/aromatic N) is 3. The van der Waals surface area contributed by atoms with Crippen LogP contribution in [-0.2, 0) is 11.8 Å². The maximum absolute atomic E-state index is 12.8. The second kappa shape index (κ2) is 7.55. The fourth-order valence-corrected chi connectivity index (χ4v) is 3.76. The molecule has 1 N–H and O–H groups in total. The summed E-state index contributed by atoms with van der Waals surface area (Å²) in [5.41, 5.74) is 2.18. The van der Waals surface area contributed by atoms with E-state index in [0.717, 1.165) is 21.3 Å². The second-order valence-electron chi connectivity index (χ2n) is 6.01. The predicted molar refractivity (Wildman–Crippen MR) is 102 cm³/mol. The highest BCUT2D eigenvalue weighted by molar-refractivity contribution is 7.99. The molecule has 26 heavy (non-hydrogen) atoms. The van der Waals surface area contributed by atoms with Crippen molar-refractivity contribution in [3.8, 4) is 0 Å². The summed E-state index contributed by atoms with van der Waals surface area (Å²) in [6, 6.07) is 5.41.